The molecule has 68 valence electrons. The molecule has 0 saturated carbocycles. The van der Waals surface area contributed by atoms with E-state index in [9.17, 15) is 0 Å². The van der Waals surface area contributed by atoms with Crippen LogP contribution in [0.3, 0.4) is 0 Å². The molecule has 0 saturated heterocycles. The van der Waals surface area contributed by atoms with Crippen LogP contribution in [-0.2, 0) is 4.84 Å². The number of hydrogen-bond acceptors (Lipinski definition) is 3. The van der Waals surface area contributed by atoms with Gasteiger partial charge in [0.15, 0.2) is 0 Å². The second-order valence-electron chi connectivity index (χ2n) is 2.56. The van der Waals surface area contributed by atoms with Crippen LogP contribution in [0.1, 0.15) is 13.8 Å². The first-order valence-corrected chi connectivity index (χ1v) is 4.22. The highest BCUT2D eigenvalue weighted by Gasteiger charge is 2.00. The highest BCUT2D eigenvalue weighted by molar-refractivity contribution is 4.52. The van der Waals surface area contributed by atoms with Gasteiger partial charge in [0.2, 0.25) is 0 Å². The van der Waals surface area contributed by atoms with E-state index in [4.69, 9.17) is 4.84 Å². The predicted octanol–water partition coefficient (Wildman–Crippen LogP) is 0.821. The van der Waals surface area contributed by atoms with E-state index in [1.807, 2.05) is 12.1 Å². The average Bonchev–Trinajstić information content (AvgIpc) is 2.06. The van der Waals surface area contributed by atoms with E-state index in [0.29, 0.717) is 0 Å². The molecule has 0 heterocycles. The van der Waals surface area contributed by atoms with E-state index in [-0.39, 0.29) is 0 Å². The first-order valence-electron chi connectivity index (χ1n) is 4.22. The van der Waals surface area contributed by atoms with Crippen molar-refractivity contribution in [2.75, 3.05) is 40.3 Å². The van der Waals surface area contributed by atoms with E-state index in [1.165, 1.54) is 0 Å². The summed E-state index contributed by atoms with van der Waals surface area (Å²) in [6, 6.07) is 0. The Morgan fingerprint density at radius 2 is 1.64 bits per heavy atom. The molecule has 0 aliphatic rings. The third kappa shape index (κ3) is 5.18. The summed E-state index contributed by atoms with van der Waals surface area (Å²) in [5.74, 6) is 0. The fourth-order valence-corrected chi connectivity index (χ4v) is 0.913. The van der Waals surface area contributed by atoms with E-state index in [0.717, 1.165) is 26.2 Å². The van der Waals surface area contributed by atoms with Crippen molar-refractivity contribution in [1.29, 1.82) is 0 Å². The minimum atomic E-state index is 0.970. The minimum Gasteiger partial charge on any atom is -0.303 e. The quantitative estimate of drug-likeness (QED) is 0.535. The lowest BCUT2D eigenvalue weighted by molar-refractivity contribution is -0.111. The topological polar surface area (TPSA) is 15.7 Å². The Balaban J connectivity index is 3.34. The fourth-order valence-electron chi connectivity index (χ4n) is 0.913. The Labute approximate surface area is 69.9 Å². The Hall–Kier alpha value is -0.120. The SMILES string of the molecule is CCN(CC)CCN(C)OC. The van der Waals surface area contributed by atoms with E-state index >= 15 is 0 Å². The molecule has 0 atom stereocenters. The molecule has 0 N–H and O–H groups in total. The van der Waals surface area contributed by atoms with Crippen LogP contribution in [0, 0.1) is 0 Å². The standard InChI is InChI=1S/C8H20N2O/c1-5-10(6-2)8-7-9(3)11-4/h5-8H2,1-4H3. The van der Waals surface area contributed by atoms with Gasteiger partial charge in [-0.2, -0.15) is 5.06 Å². The molecule has 0 aromatic heterocycles. The number of likely N-dealkylation sites (N-methyl/N-ethyl adjacent to an activating group) is 2. The molecule has 0 radical (unpaired) electrons. The summed E-state index contributed by atoms with van der Waals surface area (Å²) < 4.78 is 0. The van der Waals surface area contributed by atoms with Crippen molar-refractivity contribution < 1.29 is 4.84 Å². The van der Waals surface area contributed by atoms with Crippen LogP contribution >= 0.6 is 0 Å². The van der Waals surface area contributed by atoms with Gasteiger partial charge in [-0.05, 0) is 13.1 Å². The van der Waals surface area contributed by atoms with Crippen molar-refractivity contribution in [3.63, 3.8) is 0 Å². The van der Waals surface area contributed by atoms with Crippen LogP contribution in [0.25, 0.3) is 0 Å². The van der Waals surface area contributed by atoms with Gasteiger partial charge in [0.1, 0.15) is 0 Å². The van der Waals surface area contributed by atoms with Crippen LogP contribution in [0.2, 0.25) is 0 Å². The summed E-state index contributed by atoms with van der Waals surface area (Å²) in [5.41, 5.74) is 0. The molecule has 0 aliphatic heterocycles. The van der Waals surface area contributed by atoms with Crippen molar-refractivity contribution in [2.24, 2.45) is 0 Å². The van der Waals surface area contributed by atoms with E-state index in [1.54, 1.807) is 7.11 Å². The van der Waals surface area contributed by atoms with Gasteiger partial charge in [0.25, 0.3) is 0 Å². The lowest BCUT2D eigenvalue weighted by Gasteiger charge is -2.21. The normalized spacial score (nSPS) is 11.5. The maximum absolute atomic E-state index is 5.00. The van der Waals surface area contributed by atoms with Gasteiger partial charge in [-0.25, -0.2) is 0 Å². The molecule has 0 fully saturated rings. The number of hydrogen-bond donors (Lipinski definition) is 0. The van der Waals surface area contributed by atoms with Gasteiger partial charge in [0, 0.05) is 20.1 Å². The third-order valence-electron chi connectivity index (χ3n) is 1.94. The van der Waals surface area contributed by atoms with Gasteiger partial charge in [-0.3, -0.25) is 0 Å². The summed E-state index contributed by atoms with van der Waals surface area (Å²) >= 11 is 0. The smallest absolute Gasteiger partial charge is 0.0575 e. The van der Waals surface area contributed by atoms with Gasteiger partial charge in [-0.1, -0.05) is 13.8 Å². The molecule has 0 rings (SSSR count). The van der Waals surface area contributed by atoms with Crippen molar-refractivity contribution >= 4 is 0 Å². The van der Waals surface area contributed by atoms with Crippen LogP contribution < -0.4 is 0 Å². The summed E-state index contributed by atoms with van der Waals surface area (Å²) in [6.07, 6.45) is 0. The predicted molar refractivity (Wildman–Crippen MR) is 47.4 cm³/mol. The molecular weight excluding hydrogens is 140 g/mol. The highest BCUT2D eigenvalue weighted by atomic mass is 16.7. The maximum Gasteiger partial charge on any atom is 0.0575 e. The Morgan fingerprint density at radius 1 is 1.09 bits per heavy atom. The fraction of sp³-hybridized carbons (Fsp3) is 1.00. The lowest BCUT2D eigenvalue weighted by Crippen LogP contribution is -2.32. The zero-order valence-electron chi connectivity index (χ0n) is 8.13. The summed E-state index contributed by atoms with van der Waals surface area (Å²) in [4.78, 5) is 7.37. The van der Waals surface area contributed by atoms with E-state index < -0.39 is 0 Å². The molecular formula is C8H20N2O. The maximum atomic E-state index is 5.00. The summed E-state index contributed by atoms with van der Waals surface area (Å²) in [7, 11) is 3.64. The van der Waals surface area contributed by atoms with Crippen LogP contribution in [0.15, 0.2) is 0 Å². The monoisotopic (exact) mass is 160 g/mol. The molecule has 0 aliphatic carbocycles. The summed E-state index contributed by atoms with van der Waals surface area (Å²) in [5, 5.41) is 1.85. The second-order valence-corrected chi connectivity index (χ2v) is 2.56. The van der Waals surface area contributed by atoms with Crippen LogP contribution in [0.4, 0.5) is 0 Å². The number of hydroxylamine groups is 2. The molecule has 0 bridgehead atoms. The van der Waals surface area contributed by atoms with Crippen LogP contribution in [-0.4, -0.2) is 50.3 Å². The average molecular weight is 160 g/mol. The van der Waals surface area contributed by atoms with Gasteiger partial charge in [-0.15, -0.1) is 0 Å². The number of rotatable bonds is 6. The molecule has 3 nitrogen and oxygen atoms in total. The third-order valence-corrected chi connectivity index (χ3v) is 1.94. The minimum absolute atomic E-state index is 0.970. The van der Waals surface area contributed by atoms with Crippen molar-refractivity contribution in [3.05, 3.63) is 0 Å². The molecule has 3 heteroatoms. The molecule has 0 unspecified atom stereocenters. The second kappa shape index (κ2) is 6.58. The first-order chi connectivity index (χ1) is 5.24. The lowest BCUT2D eigenvalue weighted by atomic mass is 10.5. The van der Waals surface area contributed by atoms with Crippen molar-refractivity contribution in [3.8, 4) is 0 Å². The van der Waals surface area contributed by atoms with Crippen LogP contribution in [0.5, 0.6) is 0 Å². The number of nitrogens with zero attached hydrogens (tertiary/aromatic N) is 2. The van der Waals surface area contributed by atoms with Gasteiger partial charge in [0.05, 0.1) is 7.11 Å². The molecule has 11 heavy (non-hydrogen) atoms. The van der Waals surface area contributed by atoms with Gasteiger partial charge >= 0.3 is 0 Å². The van der Waals surface area contributed by atoms with Crippen molar-refractivity contribution in [1.82, 2.24) is 9.96 Å². The zero-order valence-corrected chi connectivity index (χ0v) is 8.13. The molecule has 0 amide bonds. The van der Waals surface area contributed by atoms with E-state index in [2.05, 4.69) is 18.7 Å². The largest absolute Gasteiger partial charge is 0.303 e. The zero-order chi connectivity index (χ0) is 8.69. The molecule has 0 aromatic carbocycles. The Kier molecular flexibility index (Phi) is 6.51. The van der Waals surface area contributed by atoms with Gasteiger partial charge < -0.3 is 9.74 Å². The summed E-state index contributed by atoms with van der Waals surface area (Å²) in [6.45, 7) is 8.64. The first kappa shape index (κ1) is 10.9. The molecule has 0 aromatic rings. The van der Waals surface area contributed by atoms with Crippen molar-refractivity contribution in [2.45, 2.75) is 13.8 Å². The Bertz CT molecular complexity index is 84.2. The highest BCUT2D eigenvalue weighted by Crippen LogP contribution is 1.88. The molecule has 0 spiro atoms. The Morgan fingerprint density at radius 3 is 2.00 bits per heavy atom.